The van der Waals surface area contributed by atoms with Gasteiger partial charge in [0.2, 0.25) is 11.8 Å². The number of hydrogen-bond donors (Lipinski definition) is 1. The molecule has 0 radical (unpaired) electrons. The van der Waals surface area contributed by atoms with E-state index in [4.69, 9.17) is 9.05 Å². The Morgan fingerprint density at radius 2 is 2.04 bits per heavy atom. The lowest BCUT2D eigenvalue weighted by Crippen LogP contribution is -2.26. The van der Waals surface area contributed by atoms with Gasteiger partial charge in [-0.05, 0) is 20.3 Å². The van der Waals surface area contributed by atoms with Crippen molar-refractivity contribution in [3.63, 3.8) is 0 Å². The Hall–Kier alpha value is -1.83. The van der Waals surface area contributed by atoms with Crippen LogP contribution >= 0.6 is 11.8 Å². The van der Waals surface area contributed by atoms with Crippen LogP contribution in [0.4, 0.5) is 0 Å². The molecule has 2 aromatic rings. The van der Waals surface area contributed by atoms with Crippen molar-refractivity contribution in [2.24, 2.45) is 0 Å². The van der Waals surface area contributed by atoms with E-state index in [1.54, 1.807) is 11.8 Å². The summed E-state index contributed by atoms with van der Waals surface area (Å²) in [7, 11) is 0. The molecule has 8 heteroatoms. The van der Waals surface area contributed by atoms with Crippen LogP contribution in [0.15, 0.2) is 9.05 Å². The number of carbonyl (C=O) groups is 1. The van der Waals surface area contributed by atoms with Crippen LogP contribution in [0.1, 0.15) is 48.5 Å². The van der Waals surface area contributed by atoms with Crippen LogP contribution in [0.25, 0.3) is 0 Å². The number of unbranched alkanes of at least 4 members (excludes halogenated alkanes) is 1. The Morgan fingerprint density at radius 3 is 2.74 bits per heavy atom. The highest BCUT2D eigenvalue weighted by Gasteiger charge is 2.12. The van der Waals surface area contributed by atoms with E-state index < -0.39 is 0 Å². The molecule has 0 unspecified atom stereocenters. The number of aromatic nitrogens is 3. The van der Waals surface area contributed by atoms with E-state index in [0.29, 0.717) is 24.0 Å². The molecule has 7 nitrogen and oxygen atoms in total. The number of thioether (sulfide) groups is 1. The predicted molar refractivity (Wildman–Crippen MR) is 86.9 cm³/mol. The van der Waals surface area contributed by atoms with Crippen LogP contribution in [0, 0.1) is 13.8 Å². The minimum atomic E-state index is -0.0748. The summed E-state index contributed by atoms with van der Waals surface area (Å²) in [5, 5.41) is 10.6. The molecule has 0 aliphatic rings. The van der Waals surface area contributed by atoms with E-state index in [2.05, 4.69) is 27.5 Å². The molecule has 0 saturated heterocycles. The monoisotopic (exact) mass is 338 g/mol. The summed E-state index contributed by atoms with van der Waals surface area (Å²) >= 11 is 1.64. The molecule has 0 saturated carbocycles. The van der Waals surface area contributed by atoms with Gasteiger partial charge in [0.05, 0.1) is 17.9 Å². The minimum absolute atomic E-state index is 0.0748. The molecule has 1 N–H and O–H groups in total. The van der Waals surface area contributed by atoms with Crippen LogP contribution < -0.4 is 5.32 Å². The Kier molecular flexibility index (Phi) is 6.64. The third-order valence-corrected chi connectivity index (χ3v) is 4.28. The molecule has 1 amide bonds. The van der Waals surface area contributed by atoms with Crippen molar-refractivity contribution >= 4 is 17.7 Å². The zero-order valence-corrected chi connectivity index (χ0v) is 14.5. The summed E-state index contributed by atoms with van der Waals surface area (Å²) in [6, 6.07) is 0. The third-order valence-electron chi connectivity index (χ3n) is 3.33. The van der Waals surface area contributed by atoms with Crippen LogP contribution in [0.5, 0.6) is 0 Å². The molecule has 2 aromatic heterocycles. The second-order valence-electron chi connectivity index (χ2n) is 5.28. The fraction of sp³-hybridized carbons (Fsp3) is 0.600. The first-order chi connectivity index (χ1) is 11.1. The van der Waals surface area contributed by atoms with E-state index in [1.165, 1.54) is 0 Å². The molecule has 0 atom stereocenters. The molecule has 126 valence electrons. The average Bonchev–Trinajstić information content (AvgIpc) is 3.08. The number of amides is 1. The number of nitrogens with zero attached hydrogens (tertiary/aromatic N) is 3. The summed E-state index contributed by atoms with van der Waals surface area (Å²) in [4.78, 5) is 15.9. The van der Waals surface area contributed by atoms with E-state index >= 15 is 0 Å². The number of rotatable bonds is 9. The molecule has 2 rings (SSSR count). The number of hydrogen-bond acceptors (Lipinski definition) is 7. The van der Waals surface area contributed by atoms with Crippen molar-refractivity contribution in [2.45, 2.75) is 51.5 Å². The van der Waals surface area contributed by atoms with Gasteiger partial charge in [-0.25, -0.2) is 0 Å². The normalized spacial score (nSPS) is 10.9. The smallest absolute Gasteiger partial charge is 0.236 e. The van der Waals surface area contributed by atoms with Gasteiger partial charge in [-0.2, -0.15) is 4.98 Å². The Labute approximate surface area is 139 Å². The van der Waals surface area contributed by atoms with Gasteiger partial charge >= 0.3 is 0 Å². The van der Waals surface area contributed by atoms with E-state index in [9.17, 15) is 4.79 Å². The van der Waals surface area contributed by atoms with Gasteiger partial charge in [0, 0.05) is 17.9 Å². The van der Waals surface area contributed by atoms with E-state index in [1.807, 2.05) is 13.8 Å². The van der Waals surface area contributed by atoms with Crippen LogP contribution in [0.3, 0.4) is 0 Å². The standard InChI is InChI=1S/C15H22N4O3S/c1-4-5-6-16-14(20)7-13-17-15(22-19-13)9-23-8-12-10(2)18-21-11(12)3/h4-9H2,1-3H3,(H,16,20). The molecule has 0 aliphatic heterocycles. The maximum atomic E-state index is 11.7. The van der Waals surface area contributed by atoms with Crippen molar-refractivity contribution in [1.82, 2.24) is 20.6 Å². The van der Waals surface area contributed by atoms with Crippen molar-refractivity contribution in [2.75, 3.05) is 6.54 Å². The van der Waals surface area contributed by atoms with Gasteiger partial charge in [0.15, 0.2) is 5.82 Å². The zero-order valence-electron chi connectivity index (χ0n) is 13.7. The van der Waals surface area contributed by atoms with Crippen molar-refractivity contribution < 1.29 is 13.8 Å². The lowest BCUT2D eigenvalue weighted by Gasteiger charge is -2.00. The highest BCUT2D eigenvalue weighted by molar-refractivity contribution is 7.97. The Balaban J connectivity index is 1.75. The van der Waals surface area contributed by atoms with Crippen molar-refractivity contribution in [1.29, 1.82) is 0 Å². The van der Waals surface area contributed by atoms with E-state index in [0.717, 1.165) is 35.6 Å². The van der Waals surface area contributed by atoms with Gasteiger partial charge in [-0.1, -0.05) is 23.7 Å². The first-order valence-electron chi connectivity index (χ1n) is 7.67. The molecule has 2 heterocycles. The summed E-state index contributed by atoms with van der Waals surface area (Å²) in [6.45, 7) is 6.59. The van der Waals surface area contributed by atoms with Gasteiger partial charge in [0.1, 0.15) is 5.76 Å². The predicted octanol–water partition coefficient (Wildman–Crippen LogP) is 2.57. The van der Waals surface area contributed by atoms with E-state index in [-0.39, 0.29) is 12.3 Å². The molecule has 0 spiro atoms. The van der Waals surface area contributed by atoms with Crippen LogP contribution in [-0.4, -0.2) is 27.7 Å². The fourth-order valence-corrected chi connectivity index (χ4v) is 2.99. The van der Waals surface area contributed by atoms with Crippen LogP contribution in [-0.2, 0) is 22.7 Å². The zero-order chi connectivity index (χ0) is 16.7. The maximum absolute atomic E-state index is 11.7. The first kappa shape index (κ1) is 17.5. The highest BCUT2D eigenvalue weighted by Crippen LogP contribution is 2.21. The second-order valence-corrected chi connectivity index (χ2v) is 6.27. The Morgan fingerprint density at radius 1 is 1.22 bits per heavy atom. The largest absolute Gasteiger partial charge is 0.361 e. The number of nitrogens with one attached hydrogen (secondary N) is 1. The minimum Gasteiger partial charge on any atom is -0.361 e. The third kappa shape index (κ3) is 5.38. The van der Waals surface area contributed by atoms with Gasteiger partial charge < -0.3 is 14.4 Å². The maximum Gasteiger partial charge on any atom is 0.236 e. The SMILES string of the molecule is CCCCNC(=O)Cc1noc(CSCc2c(C)noc2C)n1. The summed E-state index contributed by atoms with van der Waals surface area (Å²) in [6.07, 6.45) is 2.18. The average molecular weight is 338 g/mol. The number of aryl methyl sites for hydroxylation is 2. The highest BCUT2D eigenvalue weighted by atomic mass is 32.2. The lowest BCUT2D eigenvalue weighted by atomic mass is 10.2. The molecule has 0 aliphatic carbocycles. The molecule has 0 fully saturated rings. The first-order valence-corrected chi connectivity index (χ1v) is 8.83. The van der Waals surface area contributed by atoms with Gasteiger partial charge in [0.25, 0.3) is 0 Å². The molecular weight excluding hydrogens is 316 g/mol. The lowest BCUT2D eigenvalue weighted by molar-refractivity contribution is -0.120. The summed E-state index contributed by atoms with van der Waals surface area (Å²) in [5.41, 5.74) is 2.01. The topological polar surface area (TPSA) is 94.1 Å². The second kappa shape index (κ2) is 8.71. The molecular formula is C15H22N4O3S. The molecule has 0 bridgehead atoms. The van der Waals surface area contributed by atoms with Gasteiger partial charge in [-0.15, -0.1) is 11.8 Å². The van der Waals surface area contributed by atoms with Crippen molar-refractivity contribution in [3.8, 4) is 0 Å². The fourth-order valence-electron chi connectivity index (χ4n) is 1.98. The Bertz CT molecular complexity index is 619. The molecule has 0 aromatic carbocycles. The number of carbonyl (C=O) groups excluding carboxylic acids is 1. The quantitative estimate of drug-likeness (QED) is 0.702. The summed E-state index contributed by atoms with van der Waals surface area (Å²) in [5.74, 6) is 3.08. The van der Waals surface area contributed by atoms with Gasteiger partial charge in [-0.3, -0.25) is 4.79 Å². The van der Waals surface area contributed by atoms with Crippen molar-refractivity contribution in [3.05, 3.63) is 28.7 Å². The molecule has 23 heavy (non-hydrogen) atoms. The summed E-state index contributed by atoms with van der Waals surface area (Å²) < 4.78 is 10.3. The van der Waals surface area contributed by atoms with Crippen LogP contribution in [0.2, 0.25) is 0 Å².